The van der Waals surface area contributed by atoms with Crippen molar-refractivity contribution in [3.63, 3.8) is 0 Å². The lowest BCUT2D eigenvalue weighted by Gasteiger charge is -2.09. The van der Waals surface area contributed by atoms with Crippen LogP contribution in [0, 0.1) is 0 Å². The van der Waals surface area contributed by atoms with E-state index in [9.17, 15) is 0 Å². The summed E-state index contributed by atoms with van der Waals surface area (Å²) in [7, 11) is 0. The first-order valence-corrected chi connectivity index (χ1v) is 4.49. The number of hydrogen-bond donors (Lipinski definition) is 1. The maximum Gasteiger partial charge on any atom is 0.0803 e. The highest BCUT2D eigenvalue weighted by Crippen LogP contribution is 1.94. The van der Waals surface area contributed by atoms with Crippen molar-refractivity contribution in [1.82, 2.24) is 0 Å². The number of ether oxygens (including phenoxy) is 1. The molecule has 0 spiro atoms. The van der Waals surface area contributed by atoms with Crippen molar-refractivity contribution >= 4 is 0 Å². The van der Waals surface area contributed by atoms with Crippen LogP contribution in [0.2, 0.25) is 0 Å². The van der Waals surface area contributed by atoms with Gasteiger partial charge in [0.2, 0.25) is 0 Å². The second kappa shape index (κ2) is 12.6. The average Bonchev–Trinajstić information content (AvgIpc) is 2.02. The van der Waals surface area contributed by atoms with Gasteiger partial charge in [-0.05, 0) is 13.3 Å². The highest BCUT2D eigenvalue weighted by Gasteiger charge is 2.00. The fourth-order valence-electron chi connectivity index (χ4n) is 0.535. The molecule has 0 rings (SSSR count). The zero-order valence-corrected chi connectivity index (χ0v) is 8.26. The molecule has 0 aliphatic rings. The molecular formula is C9H22O2. The molecule has 2 nitrogen and oxygen atoms in total. The molecule has 70 valence electrons. The van der Waals surface area contributed by atoms with E-state index < -0.39 is 0 Å². The third-order valence-electron chi connectivity index (χ3n) is 1.06. The van der Waals surface area contributed by atoms with Crippen LogP contribution in [-0.4, -0.2) is 24.4 Å². The largest absolute Gasteiger partial charge is 0.394 e. The molecule has 0 saturated carbocycles. The van der Waals surface area contributed by atoms with Crippen LogP contribution in [0.15, 0.2) is 0 Å². The van der Waals surface area contributed by atoms with Crippen molar-refractivity contribution in [3.05, 3.63) is 0 Å². The zero-order chi connectivity index (χ0) is 9.11. The Hall–Kier alpha value is -0.0800. The summed E-state index contributed by atoms with van der Waals surface area (Å²) in [6.45, 7) is 9.01. The van der Waals surface area contributed by atoms with Gasteiger partial charge in [-0.25, -0.2) is 0 Å². The van der Waals surface area contributed by atoms with Crippen LogP contribution < -0.4 is 0 Å². The molecule has 0 aromatic rings. The first kappa shape index (κ1) is 13.5. The minimum absolute atomic E-state index is 0.0556. The molecule has 1 atom stereocenters. The third-order valence-corrected chi connectivity index (χ3v) is 1.06. The number of hydrogen-bond acceptors (Lipinski definition) is 2. The minimum atomic E-state index is 0.0556. The van der Waals surface area contributed by atoms with Crippen molar-refractivity contribution < 1.29 is 9.84 Å². The molecule has 0 aromatic carbocycles. The van der Waals surface area contributed by atoms with Gasteiger partial charge in [-0.3, -0.25) is 0 Å². The summed E-state index contributed by atoms with van der Waals surface area (Å²) in [5, 5.41) is 8.53. The van der Waals surface area contributed by atoms with Gasteiger partial charge < -0.3 is 9.84 Å². The second-order valence-electron chi connectivity index (χ2n) is 2.38. The molecular weight excluding hydrogens is 140 g/mol. The van der Waals surface area contributed by atoms with Crippen molar-refractivity contribution in [1.29, 1.82) is 0 Å². The van der Waals surface area contributed by atoms with E-state index in [4.69, 9.17) is 9.84 Å². The van der Waals surface area contributed by atoms with Crippen molar-refractivity contribution in [2.24, 2.45) is 0 Å². The van der Waals surface area contributed by atoms with E-state index in [2.05, 4.69) is 13.8 Å². The molecule has 0 aliphatic heterocycles. The van der Waals surface area contributed by atoms with Gasteiger partial charge in [-0.15, -0.1) is 0 Å². The molecule has 0 bridgehead atoms. The van der Waals surface area contributed by atoms with Crippen LogP contribution in [-0.2, 0) is 4.74 Å². The van der Waals surface area contributed by atoms with Crippen molar-refractivity contribution in [3.8, 4) is 0 Å². The standard InChI is InChI=1S/C6H14O2.C3H8/c1-3-6(5-7)8-4-2;1-3-2/h6-7H,3-5H2,1-2H3;3H2,1-2H3. The number of rotatable bonds is 4. The fourth-order valence-corrected chi connectivity index (χ4v) is 0.535. The molecule has 0 aromatic heterocycles. The van der Waals surface area contributed by atoms with Gasteiger partial charge in [0.25, 0.3) is 0 Å². The van der Waals surface area contributed by atoms with Gasteiger partial charge in [-0.1, -0.05) is 27.2 Å². The number of aliphatic hydroxyl groups excluding tert-OH is 1. The predicted molar refractivity (Wildman–Crippen MR) is 48.8 cm³/mol. The molecule has 1 N–H and O–H groups in total. The molecule has 0 amide bonds. The lowest BCUT2D eigenvalue weighted by Crippen LogP contribution is -2.15. The molecule has 11 heavy (non-hydrogen) atoms. The molecule has 0 heterocycles. The van der Waals surface area contributed by atoms with Gasteiger partial charge in [0.15, 0.2) is 0 Å². The van der Waals surface area contributed by atoms with E-state index in [-0.39, 0.29) is 12.7 Å². The van der Waals surface area contributed by atoms with Crippen molar-refractivity contribution in [2.75, 3.05) is 13.2 Å². The highest BCUT2D eigenvalue weighted by molar-refractivity contribution is 4.49. The van der Waals surface area contributed by atoms with Crippen LogP contribution in [0.5, 0.6) is 0 Å². The quantitative estimate of drug-likeness (QED) is 0.686. The topological polar surface area (TPSA) is 29.5 Å². The van der Waals surface area contributed by atoms with E-state index in [1.807, 2.05) is 13.8 Å². The summed E-state index contributed by atoms with van der Waals surface area (Å²) in [5.41, 5.74) is 0. The van der Waals surface area contributed by atoms with E-state index in [0.717, 1.165) is 6.42 Å². The lowest BCUT2D eigenvalue weighted by molar-refractivity contribution is 0.0181. The SMILES string of the molecule is CCC.CCOC(CC)CO. The molecule has 0 saturated heterocycles. The smallest absolute Gasteiger partial charge is 0.0803 e. The van der Waals surface area contributed by atoms with Gasteiger partial charge >= 0.3 is 0 Å². The Morgan fingerprint density at radius 3 is 1.73 bits per heavy atom. The Kier molecular flexibility index (Phi) is 15.4. The Morgan fingerprint density at radius 2 is 1.64 bits per heavy atom. The maximum atomic E-state index is 8.53. The van der Waals surface area contributed by atoms with Crippen LogP contribution in [0.25, 0.3) is 0 Å². The summed E-state index contributed by atoms with van der Waals surface area (Å²) in [6.07, 6.45) is 2.20. The maximum absolute atomic E-state index is 8.53. The normalized spacial score (nSPS) is 11.7. The Morgan fingerprint density at radius 1 is 1.18 bits per heavy atom. The Bertz CT molecular complexity index is 51.5. The van der Waals surface area contributed by atoms with Gasteiger partial charge in [0, 0.05) is 6.61 Å². The second-order valence-corrected chi connectivity index (χ2v) is 2.38. The fraction of sp³-hybridized carbons (Fsp3) is 1.00. The van der Waals surface area contributed by atoms with Crippen LogP contribution in [0.4, 0.5) is 0 Å². The van der Waals surface area contributed by atoms with Gasteiger partial charge in [0.1, 0.15) is 0 Å². The first-order chi connectivity index (χ1) is 5.26. The molecule has 2 heteroatoms. The Balaban J connectivity index is 0. The predicted octanol–water partition coefficient (Wildman–Crippen LogP) is 2.21. The summed E-state index contributed by atoms with van der Waals surface area (Å²) in [5.74, 6) is 0. The van der Waals surface area contributed by atoms with E-state index in [0.29, 0.717) is 6.61 Å². The molecule has 1 unspecified atom stereocenters. The van der Waals surface area contributed by atoms with E-state index in [1.54, 1.807) is 0 Å². The van der Waals surface area contributed by atoms with Crippen LogP contribution in [0.1, 0.15) is 40.5 Å². The van der Waals surface area contributed by atoms with E-state index >= 15 is 0 Å². The van der Waals surface area contributed by atoms with Gasteiger partial charge in [-0.2, -0.15) is 0 Å². The zero-order valence-electron chi connectivity index (χ0n) is 8.26. The summed E-state index contributed by atoms with van der Waals surface area (Å²) in [4.78, 5) is 0. The monoisotopic (exact) mass is 162 g/mol. The summed E-state index contributed by atoms with van der Waals surface area (Å²) < 4.78 is 5.09. The minimum Gasteiger partial charge on any atom is -0.394 e. The van der Waals surface area contributed by atoms with E-state index in [1.165, 1.54) is 6.42 Å². The summed E-state index contributed by atoms with van der Waals surface area (Å²) in [6, 6.07) is 0. The highest BCUT2D eigenvalue weighted by atomic mass is 16.5. The van der Waals surface area contributed by atoms with Gasteiger partial charge in [0.05, 0.1) is 12.7 Å². The van der Waals surface area contributed by atoms with Crippen LogP contribution >= 0.6 is 0 Å². The Labute approximate surface area is 70.6 Å². The van der Waals surface area contributed by atoms with Crippen LogP contribution in [0.3, 0.4) is 0 Å². The molecule has 0 aliphatic carbocycles. The van der Waals surface area contributed by atoms with Crippen molar-refractivity contribution in [2.45, 2.75) is 46.6 Å². The third kappa shape index (κ3) is 13.0. The molecule has 0 fully saturated rings. The average molecular weight is 162 g/mol. The molecule has 0 radical (unpaired) electrons. The lowest BCUT2D eigenvalue weighted by atomic mass is 10.3. The summed E-state index contributed by atoms with van der Waals surface area (Å²) >= 11 is 0. The first-order valence-electron chi connectivity index (χ1n) is 4.49. The number of aliphatic hydroxyl groups is 1.